The van der Waals surface area contributed by atoms with Gasteiger partial charge in [-0.3, -0.25) is 4.79 Å². The van der Waals surface area contributed by atoms with Gasteiger partial charge in [0.1, 0.15) is 10.6 Å². The van der Waals surface area contributed by atoms with E-state index in [4.69, 9.17) is 0 Å². The second kappa shape index (κ2) is 8.84. The zero-order valence-corrected chi connectivity index (χ0v) is 17.9. The van der Waals surface area contributed by atoms with Crippen molar-refractivity contribution in [2.24, 2.45) is 7.05 Å². The van der Waals surface area contributed by atoms with Crippen LogP contribution in [0.5, 0.6) is 0 Å². The molecule has 0 saturated heterocycles. The summed E-state index contributed by atoms with van der Waals surface area (Å²) in [4.78, 5) is 12.7. The van der Waals surface area contributed by atoms with Crippen molar-refractivity contribution in [3.05, 3.63) is 54.5 Å². The van der Waals surface area contributed by atoms with Crippen LogP contribution < -0.4 is 5.32 Å². The van der Waals surface area contributed by atoms with Gasteiger partial charge in [-0.2, -0.15) is 4.31 Å². The number of hydrogen-bond donors (Lipinski definition) is 1. The molecule has 0 saturated carbocycles. The van der Waals surface area contributed by atoms with Crippen molar-refractivity contribution >= 4 is 26.8 Å². The highest BCUT2D eigenvalue weighted by atomic mass is 32.2. The summed E-state index contributed by atoms with van der Waals surface area (Å²) in [5.41, 5.74) is 1.51. The van der Waals surface area contributed by atoms with Crippen molar-refractivity contribution in [2.45, 2.75) is 31.7 Å². The molecule has 1 aromatic carbocycles. The molecule has 0 fully saturated rings. The van der Waals surface area contributed by atoms with Gasteiger partial charge in [-0.1, -0.05) is 32.0 Å². The zero-order valence-electron chi connectivity index (χ0n) is 17.1. The molecule has 1 N–H and O–H groups in total. The van der Waals surface area contributed by atoms with Gasteiger partial charge in [0.2, 0.25) is 10.0 Å². The monoisotopic (exact) mass is 416 g/mol. The molecule has 0 atom stereocenters. The fourth-order valence-electron chi connectivity index (χ4n) is 3.49. The molecule has 156 valence electrons. The number of carbonyl (C=O) groups is 1. The van der Waals surface area contributed by atoms with Crippen LogP contribution >= 0.6 is 0 Å². The van der Waals surface area contributed by atoms with Crippen molar-refractivity contribution in [1.29, 1.82) is 0 Å². The number of benzene rings is 1. The first-order valence-electron chi connectivity index (χ1n) is 9.87. The summed E-state index contributed by atoms with van der Waals surface area (Å²) >= 11 is 0. The van der Waals surface area contributed by atoms with E-state index in [1.165, 1.54) is 27.5 Å². The van der Waals surface area contributed by atoms with E-state index in [0.29, 0.717) is 25.3 Å². The number of nitrogens with zero attached hydrogens (tertiary/aromatic N) is 3. The second-order valence-electron chi connectivity index (χ2n) is 6.94. The summed E-state index contributed by atoms with van der Waals surface area (Å²) in [5, 5.41) is 4.09. The summed E-state index contributed by atoms with van der Waals surface area (Å²) in [6.45, 7) is 5.68. The Hall–Kier alpha value is -2.58. The van der Waals surface area contributed by atoms with Crippen LogP contribution in [0.25, 0.3) is 10.9 Å². The minimum atomic E-state index is -3.58. The van der Waals surface area contributed by atoms with Crippen LogP contribution in [-0.4, -0.2) is 47.4 Å². The third-order valence-electron chi connectivity index (χ3n) is 5.10. The molecule has 29 heavy (non-hydrogen) atoms. The van der Waals surface area contributed by atoms with Crippen molar-refractivity contribution in [3.63, 3.8) is 0 Å². The fourth-order valence-corrected chi connectivity index (χ4v) is 5.02. The van der Waals surface area contributed by atoms with E-state index in [1.807, 2.05) is 18.3 Å². The van der Waals surface area contributed by atoms with Gasteiger partial charge < -0.3 is 14.5 Å². The molecule has 2 heterocycles. The summed E-state index contributed by atoms with van der Waals surface area (Å²) in [7, 11) is -1.90. The fraction of sp³-hybridized carbons (Fsp3) is 0.381. The third kappa shape index (κ3) is 4.38. The van der Waals surface area contributed by atoms with Crippen molar-refractivity contribution in [1.82, 2.24) is 18.8 Å². The topological polar surface area (TPSA) is 76.3 Å². The number of nitrogens with one attached hydrogen (secondary N) is 1. The molecule has 2 aromatic heterocycles. The molecular weight excluding hydrogens is 388 g/mol. The van der Waals surface area contributed by atoms with Gasteiger partial charge in [0.15, 0.2) is 0 Å². The van der Waals surface area contributed by atoms with Gasteiger partial charge in [0.25, 0.3) is 5.91 Å². The predicted molar refractivity (Wildman–Crippen MR) is 114 cm³/mol. The average molecular weight is 417 g/mol. The molecule has 3 rings (SSSR count). The highest BCUT2D eigenvalue weighted by Gasteiger charge is 2.25. The van der Waals surface area contributed by atoms with Crippen LogP contribution in [0.2, 0.25) is 0 Å². The van der Waals surface area contributed by atoms with E-state index in [9.17, 15) is 13.2 Å². The minimum Gasteiger partial charge on any atom is -0.351 e. The lowest BCUT2D eigenvalue weighted by Crippen LogP contribution is -2.30. The van der Waals surface area contributed by atoms with Gasteiger partial charge in [0.05, 0.1) is 0 Å². The number of hydrogen-bond acceptors (Lipinski definition) is 3. The number of para-hydroxylation sites is 1. The Morgan fingerprint density at radius 1 is 1.14 bits per heavy atom. The quantitative estimate of drug-likeness (QED) is 0.545. The van der Waals surface area contributed by atoms with Crippen LogP contribution in [-0.2, 0) is 23.6 Å². The molecule has 0 unspecified atom stereocenters. The maximum Gasteiger partial charge on any atom is 0.267 e. The maximum atomic E-state index is 12.7. The van der Waals surface area contributed by atoms with Crippen molar-refractivity contribution in [2.75, 3.05) is 19.6 Å². The number of fused-ring (bicyclic) bond motifs is 1. The Morgan fingerprint density at radius 2 is 1.86 bits per heavy atom. The Labute approximate surface area is 172 Å². The molecule has 0 aliphatic heterocycles. The number of amides is 1. The molecule has 0 bridgehead atoms. The van der Waals surface area contributed by atoms with E-state index < -0.39 is 10.0 Å². The summed E-state index contributed by atoms with van der Waals surface area (Å²) in [6.07, 6.45) is 4.32. The molecule has 0 aliphatic rings. The van der Waals surface area contributed by atoms with Crippen LogP contribution in [0.3, 0.4) is 0 Å². The Balaban J connectivity index is 1.60. The van der Waals surface area contributed by atoms with E-state index in [2.05, 4.69) is 28.1 Å². The number of sulfonamides is 1. The molecule has 8 heteroatoms. The normalized spacial score (nSPS) is 12.0. The zero-order chi connectivity index (χ0) is 21.0. The van der Waals surface area contributed by atoms with Gasteiger partial charge >= 0.3 is 0 Å². The molecular formula is C21H28N4O3S. The lowest BCUT2D eigenvalue weighted by Gasteiger charge is -2.17. The van der Waals surface area contributed by atoms with E-state index in [1.54, 1.807) is 25.5 Å². The number of aryl methyl sites for hydroxylation is 2. The number of carbonyl (C=O) groups excluding carboxylic acids is 1. The van der Waals surface area contributed by atoms with Crippen molar-refractivity contribution < 1.29 is 13.2 Å². The summed E-state index contributed by atoms with van der Waals surface area (Å²) in [6, 6.07) is 11.7. The maximum absolute atomic E-state index is 12.7. The molecule has 0 aliphatic carbocycles. The third-order valence-corrected chi connectivity index (χ3v) is 7.11. The van der Waals surface area contributed by atoms with Crippen LogP contribution in [0, 0.1) is 0 Å². The number of rotatable bonds is 9. The summed E-state index contributed by atoms with van der Waals surface area (Å²) < 4.78 is 30.4. The minimum absolute atomic E-state index is 0.146. The Bertz CT molecular complexity index is 1090. The first kappa shape index (κ1) is 21.1. The Morgan fingerprint density at radius 3 is 2.59 bits per heavy atom. The van der Waals surface area contributed by atoms with E-state index in [-0.39, 0.29) is 10.8 Å². The van der Waals surface area contributed by atoms with Crippen LogP contribution in [0.15, 0.2) is 53.7 Å². The molecule has 7 nitrogen and oxygen atoms in total. The predicted octanol–water partition coefficient (Wildman–Crippen LogP) is 2.83. The van der Waals surface area contributed by atoms with Crippen molar-refractivity contribution in [3.8, 4) is 0 Å². The highest BCUT2D eigenvalue weighted by molar-refractivity contribution is 7.89. The molecule has 3 aromatic rings. The molecule has 1 amide bonds. The van der Waals surface area contributed by atoms with Crippen LogP contribution in [0.1, 0.15) is 30.8 Å². The van der Waals surface area contributed by atoms with Gasteiger partial charge in [-0.25, -0.2) is 8.42 Å². The average Bonchev–Trinajstić information content (AvgIpc) is 3.30. The van der Waals surface area contributed by atoms with E-state index >= 15 is 0 Å². The first-order valence-corrected chi connectivity index (χ1v) is 11.3. The lowest BCUT2D eigenvalue weighted by molar-refractivity contribution is 0.0944. The smallest absolute Gasteiger partial charge is 0.267 e. The van der Waals surface area contributed by atoms with Crippen LogP contribution in [0.4, 0.5) is 0 Å². The first-order chi connectivity index (χ1) is 13.9. The summed E-state index contributed by atoms with van der Waals surface area (Å²) in [5.74, 6) is -0.272. The lowest BCUT2D eigenvalue weighted by atomic mass is 10.2. The SMILES string of the molecule is CCN(CC)S(=O)(=O)c1cc(C(=O)NCCCn2ccc3ccccc32)n(C)c1. The standard InChI is InChI=1S/C21H28N4O3S/c1-4-25(5-2)29(27,28)18-15-20(23(3)16-18)21(26)22-12-8-13-24-14-11-17-9-6-7-10-19(17)24/h6-7,9-11,14-16H,4-5,8,12-13H2,1-3H3,(H,22,26). The van der Waals surface area contributed by atoms with E-state index in [0.717, 1.165) is 13.0 Å². The Kier molecular flexibility index (Phi) is 6.44. The molecule has 0 radical (unpaired) electrons. The second-order valence-corrected chi connectivity index (χ2v) is 8.88. The van der Waals surface area contributed by atoms with Gasteiger partial charge in [0, 0.05) is 51.1 Å². The largest absolute Gasteiger partial charge is 0.351 e. The number of aromatic nitrogens is 2. The van der Waals surface area contributed by atoms with Gasteiger partial charge in [-0.15, -0.1) is 0 Å². The molecule has 0 spiro atoms. The highest BCUT2D eigenvalue weighted by Crippen LogP contribution is 2.18. The van der Waals surface area contributed by atoms with Gasteiger partial charge in [-0.05, 0) is 30.0 Å².